The van der Waals surface area contributed by atoms with E-state index in [1.807, 2.05) is 36.4 Å². The van der Waals surface area contributed by atoms with Gasteiger partial charge < -0.3 is 19.9 Å². The number of nitrogens with one attached hydrogen (secondary N) is 1. The molecule has 3 rings (SSSR count). The maximum Gasteiger partial charge on any atom is 0.231 e. The molecule has 2 aromatic carbocycles. The molecule has 0 fully saturated rings. The van der Waals surface area contributed by atoms with Crippen LogP contribution in [-0.4, -0.2) is 11.9 Å². The summed E-state index contributed by atoms with van der Waals surface area (Å²) in [6.07, 6.45) is -0.503. The Morgan fingerprint density at radius 2 is 2.10 bits per heavy atom. The monoisotopic (exact) mass is 349 g/mol. The van der Waals surface area contributed by atoms with Gasteiger partial charge in [0.1, 0.15) is 0 Å². The lowest BCUT2D eigenvalue weighted by molar-refractivity contribution is 0.173. The van der Waals surface area contributed by atoms with Crippen LogP contribution >= 0.6 is 15.9 Å². The fourth-order valence-electron chi connectivity index (χ4n) is 2.34. The van der Waals surface area contributed by atoms with E-state index in [1.54, 1.807) is 6.92 Å². The number of hydrogen-bond donors (Lipinski definition) is 2. The van der Waals surface area contributed by atoms with E-state index in [4.69, 9.17) is 9.47 Å². The lowest BCUT2D eigenvalue weighted by atomic mass is 10.1. The molecule has 0 aromatic heterocycles. The Balaban J connectivity index is 1.78. The van der Waals surface area contributed by atoms with Gasteiger partial charge in [0.05, 0.1) is 10.6 Å². The fourth-order valence-corrected chi connectivity index (χ4v) is 2.95. The third kappa shape index (κ3) is 2.99. The number of halogens is 1. The van der Waals surface area contributed by atoms with Gasteiger partial charge in [0.2, 0.25) is 6.79 Å². The van der Waals surface area contributed by atoms with Crippen LogP contribution in [0.4, 0.5) is 5.69 Å². The standard InChI is InChI=1S/C16H16BrNO3/c1-10(19)12-4-2-3-5-14(12)18-8-11-6-13(17)16-15(7-11)20-9-21-16/h2-7,10,18-19H,8-9H2,1H3. The summed E-state index contributed by atoms with van der Waals surface area (Å²) in [7, 11) is 0. The van der Waals surface area contributed by atoms with Gasteiger partial charge in [-0.1, -0.05) is 18.2 Å². The van der Waals surface area contributed by atoms with Crippen LogP contribution in [0.25, 0.3) is 0 Å². The van der Waals surface area contributed by atoms with E-state index in [9.17, 15) is 5.11 Å². The van der Waals surface area contributed by atoms with Crippen LogP contribution < -0.4 is 14.8 Å². The number of rotatable bonds is 4. The lowest BCUT2D eigenvalue weighted by Crippen LogP contribution is -2.04. The van der Waals surface area contributed by atoms with Crippen molar-refractivity contribution in [3.63, 3.8) is 0 Å². The van der Waals surface area contributed by atoms with Crippen LogP contribution in [0.15, 0.2) is 40.9 Å². The van der Waals surface area contributed by atoms with Crippen LogP contribution in [0.2, 0.25) is 0 Å². The summed E-state index contributed by atoms with van der Waals surface area (Å²) in [5.74, 6) is 1.51. The summed E-state index contributed by atoms with van der Waals surface area (Å²) in [4.78, 5) is 0. The SMILES string of the molecule is CC(O)c1ccccc1NCc1cc(Br)c2c(c1)OCO2. The number of fused-ring (bicyclic) bond motifs is 1. The first-order valence-corrected chi connectivity index (χ1v) is 7.53. The zero-order valence-electron chi connectivity index (χ0n) is 11.6. The minimum atomic E-state index is -0.503. The molecule has 1 aliphatic heterocycles. The van der Waals surface area contributed by atoms with E-state index < -0.39 is 6.10 Å². The van der Waals surface area contributed by atoms with E-state index >= 15 is 0 Å². The normalized spacial score (nSPS) is 14.0. The highest BCUT2D eigenvalue weighted by Gasteiger charge is 2.18. The Kier molecular flexibility index (Phi) is 4.03. The number of anilines is 1. The van der Waals surface area contributed by atoms with Crippen LogP contribution in [0.3, 0.4) is 0 Å². The molecule has 21 heavy (non-hydrogen) atoms. The van der Waals surface area contributed by atoms with Crippen LogP contribution in [0.1, 0.15) is 24.2 Å². The van der Waals surface area contributed by atoms with Crippen molar-refractivity contribution >= 4 is 21.6 Å². The highest BCUT2D eigenvalue weighted by atomic mass is 79.9. The first kappa shape index (κ1) is 14.2. The molecular weight excluding hydrogens is 334 g/mol. The van der Waals surface area contributed by atoms with E-state index in [0.717, 1.165) is 32.8 Å². The average Bonchev–Trinajstić information content (AvgIpc) is 2.94. The van der Waals surface area contributed by atoms with Crippen LogP contribution in [-0.2, 0) is 6.54 Å². The Labute approximate surface area is 131 Å². The van der Waals surface area contributed by atoms with Crippen molar-refractivity contribution in [2.24, 2.45) is 0 Å². The second kappa shape index (κ2) is 5.95. The number of para-hydroxylation sites is 1. The van der Waals surface area contributed by atoms with Gasteiger partial charge in [-0.3, -0.25) is 0 Å². The molecule has 1 heterocycles. The van der Waals surface area contributed by atoms with Crippen molar-refractivity contribution in [3.8, 4) is 11.5 Å². The Hall–Kier alpha value is -1.72. The van der Waals surface area contributed by atoms with Gasteiger partial charge in [0.15, 0.2) is 11.5 Å². The molecule has 5 heteroatoms. The molecule has 0 spiro atoms. The van der Waals surface area contributed by atoms with Gasteiger partial charge in [0.25, 0.3) is 0 Å². The third-order valence-electron chi connectivity index (χ3n) is 3.38. The molecule has 0 amide bonds. The largest absolute Gasteiger partial charge is 0.454 e. The Morgan fingerprint density at radius 1 is 1.29 bits per heavy atom. The molecule has 1 unspecified atom stereocenters. The van der Waals surface area contributed by atoms with E-state index in [-0.39, 0.29) is 6.79 Å². The summed E-state index contributed by atoms with van der Waals surface area (Å²) in [5, 5.41) is 13.1. The fraction of sp³-hybridized carbons (Fsp3) is 0.250. The highest BCUT2D eigenvalue weighted by Crippen LogP contribution is 2.40. The quantitative estimate of drug-likeness (QED) is 0.880. The predicted molar refractivity (Wildman–Crippen MR) is 84.7 cm³/mol. The summed E-state index contributed by atoms with van der Waals surface area (Å²) in [5.41, 5.74) is 2.89. The lowest BCUT2D eigenvalue weighted by Gasteiger charge is -2.14. The summed E-state index contributed by atoms with van der Waals surface area (Å²) in [6.45, 7) is 2.66. The predicted octanol–water partition coefficient (Wildman–Crippen LogP) is 3.84. The first-order valence-electron chi connectivity index (χ1n) is 6.74. The van der Waals surface area contributed by atoms with Gasteiger partial charge in [-0.05, 0) is 46.6 Å². The second-order valence-corrected chi connectivity index (χ2v) is 5.78. The maximum absolute atomic E-state index is 9.79. The minimum Gasteiger partial charge on any atom is -0.454 e. The number of hydrogen-bond acceptors (Lipinski definition) is 4. The molecule has 110 valence electrons. The van der Waals surface area contributed by atoms with E-state index in [1.165, 1.54) is 0 Å². The van der Waals surface area contributed by atoms with Crippen LogP contribution in [0, 0.1) is 0 Å². The van der Waals surface area contributed by atoms with Gasteiger partial charge in [0, 0.05) is 17.8 Å². The van der Waals surface area contributed by atoms with Crippen molar-refractivity contribution < 1.29 is 14.6 Å². The van der Waals surface area contributed by atoms with Crippen molar-refractivity contribution in [1.82, 2.24) is 0 Å². The smallest absolute Gasteiger partial charge is 0.231 e. The molecule has 0 saturated carbocycles. The summed E-state index contributed by atoms with van der Waals surface area (Å²) < 4.78 is 11.7. The van der Waals surface area contributed by atoms with Crippen molar-refractivity contribution in [2.45, 2.75) is 19.6 Å². The molecule has 0 saturated heterocycles. The maximum atomic E-state index is 9.79. The molecule has 0 aliphatic carbocycles. The first-order chi connectivity index (χ1) is 10.1. The summed E-state index contributed by atoms with van der Waals surface area (Å²) >= 11 is 3.49. The van der Waals surface area contributed by atoms with Gasteiger partial charge in [-0.25, -0.2) is 0 Å². The molecule has 0 radical (unpaired) electrons. The molecule has 1 atom stereocenters. The molecule has 1 aliphatic rings. The number of ether oxygens (including phenoxy) is 2. The Bertz CT molecular complexity index is 658. The number of benzene rings is 2. The third-order valence-corrected chi connectivity index (χ3v) is 3.97. The molecule has 4 nitrogen and oxygen atoms in total. The molecule has 0 bridgehead atoms. The van der Waals surface area contributed by atoms with Gasteiger partial charge in [-0.2, -0.15) is 0 Å². The zero-order valence-corrected chi connectivity index (χ0v) is 13.2. The highest BCUT2D eigenvalue weighted by molar-refractivity contribution is 9.10. The summed E-state index contributed by atoms with van der Waals surface area (Å²) in [6, 6.07) is 11.7. The van der Waals surface area contributed by atoms with Gasteiger partial charge in [-0.15, -0.1) is 0 Å². The molecule has 2 N–H and O–H groups in total. The average molecular weight is 350 g/mol. The minimum absolute atomic E-state index is 0.260. The topological polar surface area (TPSA) is 50.7 Å². The van der Waals surface area contributed by atoms with E-state index in [0.29, 0.717) is 6.54 Å². The zero-order chi connectivity index (χ0) is 14.8. The van der Waals surface area contributed by atoms with Crippen molar-refractivity contribution in [2.75, 3.05) is 12.1 Å². The second-order valence-electron chi connectivity index (χ2n) is 4.93. The van der Waals surface area contributed by atoms with Crippen molar-refractivity contribution in [1.29, 1.82) is 0 Å². The van der Waals surface area contributed by atoms with Crippen molar-refractivity contribution in [3.05, 3.63) is 52.0 Å². The van der Waals surface area contributed by atoms with E-state index in [2.05, 4.69) is 21.2 Å². The Morgan fingerprint density at radius 3 is 2.90 bits per heavy atom. The number of aliphatic hydroxyl groups is 1. The van der Waals surface area contributed by atoms with Gasteiger partial charge >= 0.3 is 0 Å². The van der Waals surface area contributed by atoms with Crippen LogP contribution in [0.5, 0.6) is 11.5 Å². The molecule has 2 aromatic rings. The molecular formula is C16H16BrNO3. The number of aliphatic hydroxyl groups excluding tert-OH is 1.